The van der Waals surface area contributed by atoms with Gasteiger partial charge < -0.3 is 21.7 Å². The van der Waals surface area contributed by atoms with Crippen molar-refractivity contribution in [1.82, 2.24) is 0 Å². The number of hydrogen-bond donors (Lipinski definition) is 0. The molecule has 0 N–H and O–H groups in total. The van der Waals surface area contributed by atoms with E-state index in [1.807, 2.05) is 6.92 Å². The maximum atomic E-state index is 10.9. The zero-order valence-corrected chi connectivity index (χ0v) is 13.5. The molecule has 0 saturated heterocycles. The van der Waals surface area contributed by atoms with E-state index >= 15 is 0 Å². The number of non-ortho nitro benzene ring substituents is 1. The summed E-state index contributed by atoms with van der Waals surface area (Å²) in [5.41, 5.74) is 1.62. The molecule has 1 atom stereocenters. The van der Waals surface area contributed by atoms with Crippen molar-refractivity contribution in [3.05, 3.63) is 58.9 Å². The van der Waals surface area contributed by atoms with E-state index in [0.29, 0.717) is 6.61 Å². The van der Waals surface area contributed by atoms with Crippen molar-refractivity contribution in [2.75, 3.05) is 6.61 Å². The summed E-state index contributed by atoms with van der Waals surface area (Å²) in [4.78, 5) is 21.3. The number of ether oxygens (including phenoxy) is 1. The maximum absolute atomic E-state index is 10.9. The third-order valence-corrected chi connectivity index (χ3v) is 2.99. The van der Waals surface area contributed by atoms with Gasteiger partial charge in [0.05, 0.1) is 11.5 Å². The molecule has 0 saturated carbocycles. The molecule has 0 aliphatic carbocycles. The Labute approximate surface area is 138 Å². The molecule has 0 aliphatic heterocycles. The van der Waals surface area contributed by atoms with Gasteiger partial charge in [0.2, 0.25) is 6.29 Å². The molecule has 0 radical (unpaired) electrons. The molecule has 116 valence electrons. The minimum Gasteiger partial charge on any atom is -1.00 e. The highest BCUT2D eigenvalue weighted by Crippen LogP contribution is 2.22. The van der Waals surface area contributed by atoms with Crippen molar-refractivity contribution in [3.63, 3.8) is 0 Å². The molecule has 1 heterocycles. The molecule has 0 amide bonds. The molecule has 0 spiro atoms. The Hall–Kier alpha value is -2.12. The predicted molar refractivity (Wildman–Crippen MR) is 75.5 cm³/mol. The minimum atomic E-state index is -0.658. The molecule has 7 heteroatoms. The number of aldehydes is 1. The van der Waals surface area contributed by atoms with E-state index in [1.165, 1.54) is 12.1 Å². The SMILES string of the molecule is CCOC(C=O)[n+]1ccc(-c2cccc([N+](=O)[O-])c2)cc1.[Br-]. The van der Waals surface area contributed by atoms with Crippen molar-refractivity contribution in [3.8, 4) is 11.1 Å². The third-order valence-electron chi connectivity index (χ3n) is 2.99. The molecule has 0 fully saturated rings. The van der Waals surface area contributed by atoms with Gasteiger partial charge in [0.25, 0.3) is 5.69 Å². The number of halogens is 1. The van der Waals surface area contributed by atoms with Gasteiger partial charge in [0.15, 0.2) is 12.4 Å². The van der Waals surface area contributed by atoms with Crippen LogP contribution in [0.25, 0.3) is 11.1 Å². The van der Waals surface area contributed by atoms with Crippen molar-refractivity contribution in [2.45, 2.75) is 13.2 Å². The van der Waals surface area contributed by atoms with E-state index in [0.717, 1.165) is 17.4 Å². The Morgan fingerprint density at radius 1 is 1.27 bits per heavy atom. The molecule has 1 aromatic heterocycles. The summed E-state index contributed by atoms with van der Waals surface area (Å²) >= 11 is 0. The highest BCUT2D eigenvalue weighted by molar-refractivity contribution is 5.65. The summed E-state index contributed by atoms with van der Waals surface area (Å²) < 4.78 is 6.92. The monoisotopic (exact) mass is 366 g/mol. The molecule has 22 heavy (non-hydrogen) atoms. The number of carbonyl (C=O) groups is 1. The summed E-state index contributed by atoms with van der Waals surface area (Å²) in [5, 5.41) is 10.8. The van der Waals surface area contributed by atoms with Crippen LogP contribution in [-0.2, 0) is 9.53 Å². The second-order valence-electron chi connectivity index (χ2n) is 4.32. The lowest BCUT2D eigenvalue weighted by molar-refractivity contribution is -0.744. The minimum absolute atomic E-state index is 0. The fraction of sp³-hybridized carbons (Fsp3) is 0.200. The van der Waals surface area contributed by atoms with Crippen LogP contribution in [0.3, 0.4) is 0 Å². The first-order valence-corrected chi connectivity index (χ1v) is 6.48. The Morgan fingerprint density at radius 2 is 1.95 bits per heavy atom. The standard InChI is InChI=1S/C15H15N2O4.BrH/c1-2-21-15(11-18)16-8-6-12(7-9-16)13-4-3-5-14(10-13)17(19)20;/h3-11,15H,2H2,1H3;1H/q+1;/p-1. The van der Waals surface area contributed by atoms with Crippen LogP contribution in [0, 0.1) is 10.1 Å². The van der Waals surface area contributed by atoms with Crippen molar-refractivity contribution >= 4 is 12.0 Å². The summed E-state index contributed by atoms with van der Waals surface area (Å²) in [6.45, 7) is 2.25. The molecule has 0 aliphatic rings. The lowest BCUT2D eigenvalue weighted by Crippen LogP contribution is -3.00. The van der Waals surface area contributed by atoms with E-state index in [9.17, 15) is 14.9 Å². The number of hydrogen-bond acceptors (Lipinski definition) is 4. The van der Waals surface area contributed by atoms with E-state index < -0.39 is 11.2 Å². The van der Waals surface area contributed by atoms with Crippen molar-refractivity contribution < 1.29 is 36.0 Å². The first-order chi connectivity index (χ1) is 10.2. The van der Waals surface area contributed by atoms with E-state index in [4.69, 9.17) is 4.74 Å². The lowest BCUT2D eigenvalue weighted by atomic mass is 10.1. The smallest absolute Gasteiger partial charge is 0.320 e. The number of nitro groups is 1. The van der Waals surface area contributed by atoms with Gasteiger partial charge in [0, 0.05) is 24.3 Å². The number of aromatic nitrogens is 1. The molecule has 0 bridgehead atoms. The van der Waals surface area contributed by atoms with E-state index in [1.54, 1.807) is 41.2 Å². The van der Waals surface area contributed by atoms with Crippen LogP contribution in [-0.4, -0.2) is 17.8 Å². The number of pyridine rings is 1. The molecular weight excluding hydrogens is 352 g/mol. The van der Waals surface area contributed by atoms with Gasteiger partial charge >= 0.3 is 6.23 Å². The van der Waals surface area contributed by atoms with Crippen LogP contribution < -0.4 is 21.5 Å². The number of nitrogens with zero attached hydrogens (tertiary/aromatic N) is 2. The van der Waals surface area contributed by atoms with Gasteiger partial charge in [-0.2, -0.15) is 4.57 Å². The average Bonchev–Trinajstić information content (AvgIpc) is 2.53. The summed E-state index contributed by atoms with van der Waals surface area (Å²) in [5.74, 6) is 0. The molecule has 1 aromatic carbocycles. The first-order valence-electron chi connectivity index (χ1n) is 6.48. The Kier molecular flexibility index (Phi) is 6.81. The highest BCUT2D eigenvalue weighted by atomic mass is 79.9. The largest absolute Gasteiger partial charge is 1.00 e. The first kappa shape index (κ1) is 17.9. The van der Waals surface area contributed by atoms with Gasteiger partial charge in [-0.05, 0) is 18.1 Å². The average molecular weight is 367 g/mol. The van der Waals surface area contributed by atoms with E-state index in [2.05, 4.69) is 0 Å². The second-order valence-corrected chi connectivity index (χ2v) is 4.32. The molecule has 2 rings (SSSR count). The van der Waals surface area contributed by atoms with Crippen molar-refractivity contribution in [1.29, 1.82) is 0 Å². The molecular formula is C15H15BrN2O4. The van der Waals surface area contributed by atoms with Crippen LogP contribution in [0.1, 0.15) is 13.2 Å². The lowest BCUT2D eigenvalue weighted by Gasteiger charge is -2.06. The normalized spacial score (nSPS) is 11.3. The summed E-state index contributed by atoms with van der Waals surface area (Å²) in [6.07, 6.45) is 3.48. The molecule has 1 unspecified atom stereocenters. The van der Waals surface area contributed by atoms with E-state index in [-0.39, 0.29) is 22.7 Å². The number of nitro benzene ring substituents is 1. The predicted octanol–water partition coefficient (Wildman–Crippen LogP) is -0.713. The Morgan fingerprint density at radius 3 is 2.50 bits per heavy atom. The van der Waals surface area contributed by atoms with Crippen LogP contribution in [0.15, 0.2) is 48.8 Å². The Bertz CT molecular complexity index is 646. The van der Waals surface area contributed by atoms with Crippen LogP contribution in [0.4, 0.5) is 5.69 Å². The number of carbonyl (C=O) groups excluding carboxylic acids is 1. The summed E-state index contributed by atoms with van der Waals surface area (Å²) in [7, 11) is 0. The van der Waals surface area contributed by atoms with Crippen molar-refractivity contribution in [2.24, 2.45) is 0 Å². The topological polar surface area (TPSA) is 73.3 Å². The zero-order valence-electron chi connectivity index (χ0n) is 11.9. The fourth-order valence-corrected chi connectivity index (χ4v) is 1.97. The van der Waals surface area contributed by atoms with Crippen LogP contribution in [0.5, 0.6) is 0 Å². The fourth-order valence-electron chi connectivity index (χ4n) is 1.97. The van der Waals surface area contributed by atoms with Gasteiger partial charge in [-0.25, -0.2) is 0 Å². The number of rotatable bonds is 6. The van der Waals surface area contributed by atoms with Crippen LogP contribution in [0.2, 0.25) is 0 Å². The highest BCUT2D eigenvalue weighted by Gasteiger charge is 2.17. The maximum Gasteiger partial charge on any atom is 0.320 e. The molecule has 6 nitrogen and oxygen atoms in total. The van der Waals surface area contributed by atoms with Crippen LogP contribution >= 0.6 is 0 Å². The second kappa shape index (κ2) is 8.35. The zero-order chi connectivity index (χ0) is 15.2. The van der Waals surface area contributed by atoms with Gasteiger partial charge in [-0.15, -0.1) is 0 Å². The Balaban J connectivity index is 0.00000242. The van der Waals surface area contributed by atoms with Gasteiger partial charge in [0.1, 0.15) is 0 Å². The third kappa shape index (κ3) is 4.19. The van der Waals surface area contributed by atoms with Gasteiger partial charge in [-0.3, -0.25) is 14.9 Å². The number of benzene rings is 1. The summed E-state index contributed by atoms with van der Waals surface area (Å²) in [6, 6.07) is 9.97. The van der Waals surface area contributed by atoms with Gasteiger partial charge in [-0.1, -0.05) is 12.1 Å². The molecule has 2 aromatic rings. The quantitative estimate of drug-likeness (QED) is 0.293.